The van der Waals surface area contributed by atoms with E-state index in [1.165, 1.54) is 23.2 Å². The molecule has 0 unspecified atom stereocenters. The van der Waals surface area contributed by atoms with E-state index in [2.05, 4.69) is 6.07 Å². The van der Waals surface area contributed by atoms with Crippen molar-refractivity contribution in [3.05, 3.63) is 46.8 Å². The molecule has 0 radical (unpaired) electrons. The van der Waals surface area contributed by atoms with Crippen LogP contribution < -0.4 is 0 Å². The SMILES string of the molecule is CC(=O)O[C@@H]1[C@@H](OC(=O)OC(C)(C)C)CN(C(=O)OC(C)(C)C)[C@@H]1Cc1ccc(-c2cc(C#N)cs2)cc1. The van der Waals surface area contributed by atoms with Gasteiger partial charge in [0.1, 0.15) is 17.3 Å². The van der Waals surface area contributed by atoms with E-state index < -0.39 is 47.7 Å². The molecule has 3 rings (SSSR count). The maximum Gasteiger partial charge on any atom is 0.509 e. The molecule has 1 aromatic heterocycles. The number of likely N-dealkylation sites (tertiary alicyclic amines) is 1. The molecule has 0 aliphatic carbocycles. The lowest BCUT2D eigenvalue weighted by Crippen LogP contribution is -2.45. The van der Waals surface area contributed by atoms with Crippen molar-refractivity contribution < 1.29 is 33.3 Å². The van der Waals surface area contributed by atoms with Crippen LogP contribution in [0.3, 0.4) is 0 Å². The van der Waals surface area contributed by atoms with Gasteiger partial charge in [0.15, 0.2) is 12.2 Å². The highest BCUT2D eigenvalue weighted by atomic mass is 32.1. The number of nitrogens with zero attached hydrogens (tertiary/aromatic N) is 2. The zero-order valence-corrected chi connectivity index (χ0v) is 23.6. The summed E-state index contributed by atoms with van der Waals surface area (Å²) in [5.41, 5.74) is 0.897. The van der Waals surface area contributed by atoms with Gasteiger partial charge < -0.3 is 18.9 Å². The monoisotopic (exact) mass is 542 g/mol. The quantitative estimate of drug-likeness (QED) is 0.349. The zero-order chi connectivity index (χ0) is 28.3. The van der Waals surface area contributed by atoms with Crippen molar-refractivity contribution in [2.75, 3.05) is 6.54 Å². The second kappa shape index (κ2) is 11.4. The maximum atomic E-state index is 13.2. The molecule has 0 spiro atoms. The molecule has 204 valence electrons. The Morgan fingerprint density at radius 2 is 1.66 bits per heavy atom. The Kier molecular flexibility index (Phi) is 8.72. The predicted octanol–water partition coefficient (Wildman–Crippen LogP) is 5.70. The minimum Gasteiger partial charge on any atom is -0.456 e. The van der Waals surface area contributed by atoms with Gasteiger partial charge in [-0.05, 0) is 65.2 Å². The van der Waals surface area contributed by atoms with Crippen LogP contribution in [0.5, 0.6) is 0 Å². The summed E-state index contributed by atoms with van der Waals surface area (Å²) < 4.78 is 22.1. The van der Waals surface area contributed by atoms with Gasteiger partial charge in [0.05, 0.1) is 18.2 Å². The number of hydrogen-bond acceptors (Lipinski definition) is 9. The minimum atomic E-state index is -0.943. The molecule has 1 aliphatic rings. The Labute approximate surface area is 227 Å². The molecule has 2 aromatic rings. The summed E-state index contributed by atoms with van der Waals surface area (Å²) in [6.07, 6.45) is -3.07. The van der Waals surface area contributed by atoms with E-state index in [0.29, 0.717) is 12.0 Å². The first-order valence-electron chi connectivity index (χ1n) is 12.3. The summed E-state index contributed by atoms with van der Waals surface area (Å²) in [6.45, 7) is 11.7. The molecule has 1 saturated heterocycles. The molecule has 2 heterocycles. The van der Waals surface area contributed by atoms with Crippen molar-refractivity contribution in [3.8, 4) is 16.5 Å². The van der Waals surface area contributed by atoms with Crippen molar-refractivity contribution in [2.45, 2.75) is 84.3 Å². The zero-order valence-electron chi connectivity index (χ0n) is 22.8. The van der Waals surface area contributed by atoms with Crippen LogP contribution in [0.1, 0.15) is 59.6 Å². The fraction of sp³-hybridized carbons (Fsp3) is 0.500. The lowest BCUT2D eigenvalue weighted by Gasteiger charge is -2.30. The van der Waals surface area contributed by atoms with E-state index in [-0.39, 0.29) is 6.54 Å². The Morgan fingerprint density at radius 3 is 2.18 bits per heavy atom. The van der Waals surface area contributed by atoms with Crippen LogP contribution >= 0.6 is 11.3 Å². The second-order valence-electron chi connectivity index (χ2n) is 11.1. The van der Waals surface area contributed by atoms with Crippen molar-refractivity contribution in [1.82, 2.24) is 4.90 Å². The third-order valence-electron chi connectivity index (χ3n) is 5.50. The highest BCUT2D eigenvalue weighted by molar-refractivity contribution is 7.13. The standard InChI is InChI=1S/C28H34N2O7S/c1-17(31)34-24-21(12-18-8-10-20(11-9-18)23-13-19(14-29)16-38-23)30(25(32)36-27(2,3)4)15-22(24)35-26(33)37-28(5,6)7/h8-11,13,16,21-22,24H,12,15H2,1-7H3/t21-,22+,24+/m1/s1. The summed E-state index contributed by atoms with van der Waals surface area (Å²) in [5.74, 6) is -0.565. The maximum absolute atomic E-state index is 13.2. The van der Waals surface area contributed by atoms with Gasteiger partial charge in [-0.15, -0.1) is 11.3 Å². The first-order valence-corrected chi connectivity index (χ1v) is 13.2. The van der Waals surface area contributed by atoms with Gasteiger partial charge in [-0.2, -0.15) is 5.26 Å². The van der Waals surface area contributed by atoms with E-state index in [1.54, 1.807) is 46.9 Å². The van der Waals surface area contributed by atoms with Crippen molar-refractivity contribution in [2.24, 2.45) is 0 Å². The molecular formula is C28H34N2O7S. The van der Waals surface area contributed by atoms with Crippen LogP contribution in [0.2, 0.25) is 0 Å². The van der Waals surface area contributed by atoms with Crippen LogP contribution in [0.4, 0.5) is 9.59 Å². The Morgan fingerprint density at radius 1 is 1.03 bits per heavy atom. The number of amides is 1. The normalized spacial score (nSPS) is 19.4. The molecule has 1 aromatic carbocycles. The van der Waals surface area contributed by atoms with Gasteiger partial charge >= 0.3 is 18.2 Å². The van der Waals surface area contributed by atoms with Gasteiger partial charge in [-0.1, -0.05) is 24.3 Å². The topological polar surface area (TPSA) is 115 Å². The number of esters is 1. The largest absolute Gasteiger partial charge is 0.509 e. The average molecular weight is 543 g/mol. The molecular weight excluding hydrogens is 508 g/mol. The lowest BCUT2D eigenvalue weighted by atomic mass is 9.99. The fourth-order valence-electron chi connectivity index (χ4n) is 4.06. The molecule has 1 aliphatic heterocycles. The number of nitriles is 1. The molecule has 1 fully saturated rings. The predicted molar refractivity (Wildman–Crippen MR) is 142 cm³/mol. The van der Waals surface area contributed by atoms with Crippen LogP contribution in [0.25, 0.3) is 10.4 Å². The summed E-state index contributed by atoms with van der Waals surface area (Å²) in [6, 6.07) is 11.0. The Hall–Kier alpha value is -3.58. The molecule has 0 bridgehead atoms. The number of hydrogen-bond donors (Lipinski definition) is 0. The number of ether oxygens (including phenoxy) is 4. The summed E-state index contributed by atoms with van der Waals surface area (Å²) in [4.78, 5) is 40.1. The van der Waals surface area contributed by atoms with E-state index in [1.807, 2.05) is 30.3 Å². The van der Waals surface area contributed by atoms with Crippen molar-refractivity contribution in [1.29, 1.82) is 5.26 Å². The van der Waals surface area contributed by atoms with Crippen LogP contribution in [-0.4, -0.2) is 59.1 Å². The number of carbonyl (C=O) groups excluding carboxylic acids is 3. The smallest absolute Gasteiger partial charge is 0.456 e. The number of carbonyl (C=O) groups is 3. The molecule has 0 N–H and O–H groups in total. The second-order valence-corrected chi connectivity index (χ2v) is 12.0. The number of thiophene rings is 1. The van der Waals surface area contributed by atoms with E-state index in [4.69, 9.17) is 24.2 Å². The molecule has 10 heteroatoms. The Balaban J connectivity index is 1.89. The van der Waals surface area contributed by atoms with E-state index in [0.717, 1.165) is 16.0 Å². The first-order chi connectivity index (χ1) is 17.6. The molecule has 9 nitrogen and oxygen atoms in total. The van der Waals surface area contributed by atoms with Gasteiger partial charge in [0.25, 0.3) is 0 Å². The van der Waals surface area contributed by atoms with Gasteiger partial charge in [-0.25, -0.2) is 9.59 Å². The summed E-state index contributed by atoms with van der Waals surface area (Å²) >= 11 is 1.48. The minimum absolute atomic E-state index is 0.0268. The van der Waals surface area contributed by atoms with Gasteiger partial charge in [0.2, 0.25) is 0 Å². The Bertz CT molecular complexity index is 1200. The summed E-state index contributed by atoms with van der Waals surface area (Å²) in [5, 5.41) is 10.9. The highest BCUT2D eigenvalue weighted by Gasteiger charge is 2.49. The summed E-state index contributed by atoms with van der Waals surface area (Å²) in [7, 11) is 0. The third-order valence-corrected chi connectivity index (χ3v) is 6.48. The number of rotatable bonds is 5. The first kappa shape index (κ1) is 29.0. The number of benzene rings is 1. The van der Waals surface area contributed by atoms with Crippen LogP contribution in [-0.2, 0) is 30.2 Å². The van der Waals surface area contributed by atoms with Crippen LogP contribution in [0, 0.1) is 11.3 Å². The van der Waals surface area contributed by atoms with Crippen molar-refractivity contribution in [3.63, 3.8) is 0 Å². The molecule has 0 saturated carbocycles. The fourth-order valence-corrected chi connectivity index (χ4v) is 4.90. The van der Waals surface area contributed by atoms with Gasteiger partial charge in [-0.3, -0.25) is 9.69 Å². The van der Waals surface area contributed by atoms with Gasteiger partial charge in [0, 0.05) is 17.2 Å². The van der Waals surface area contributed by atoms with Crippen LogP contribution in [0.15, 0.2) is 35.7 Å². The van der Waals surface area contributed by atoms with Crippen molar-refractivity contribution >= 4 is 29.6 Å². The van der Waals surface area contributed by atoms with E-state index >= 15 is 0 Å². The lowest BCUT2D eigenvalue weighted by molar-refractivity contribution is -0.153. The molecule has 38 heavy (non-hydrogen) atoms. The molecule has 3 atom stereocenters. The third kappa shape index (κ3) is 7.96. The molecule has 1 amide bonds. The highest BCUT2D eigenvalue weighted by Crippen LogP contribution is 2.31. The average Bonchev–Trinajstić information content (AvgIpc) is 3.38. The van der Waals surface area contributed by atoms with E-state index in [9.17, 15) is 14.4 Å².